The van der Waals surface area contributed by atoms with Crippen LogP contribution in [-0.4, -0.2) is 4.98 Å². The molecule has 2 nitrogen and oxygen atoms in total. The standard InChI is InChI=1S/C16H9F5N2S/c17-10-2-3-13(18)11(8-10)12-7-9(16(19,20)21)1-4-14(12)23-15-22-5-6-24-15/h1-8H,(H,22,23). The van der Waals surface area contributed by atoms with Crippen LogP contribution in [0.3, 0.4) is 0 Å². The van der Waals surface area contributed by atoms with Gasteiger partial charge in [-0.05, 0) is 36.4 Å². The number of aromatic nitrogens is 1. The molecule has 1 N–H and O–H groups in total. The summed E-state index contributed by atoms with van der Waals surface area (Å²) in [6, 6.07) is 5.46. The molecule has 0 atom stereocenters. The van der Waals surface area contributed by atoms with Gasteiger partial charge in [-0.3, -0.25) is 0 Å². The number of hydrogen-bond donors (Lipinski definition) is 1. The highest BCUT2D eigenvalue weighted by Gasteiger charge is 2.31. The molecule has 0 bridgehead atoms. The summed E-state index contributed by atoms with van der Waals surface area (Å²) in [6.45, 7) is 0. The third-order valence-corrected chi connectivity index (χ3v) is 3.93. The van der Waals surface area contributed by atoms with Crippen LogP contribution in [0.1, 0.15) is 5.56 Å². The molecule has 24 heavy (non-hydrogen) atoms. The lowest BCUT2D eigenvalue weighted by atomic mass is 10.00. The van der Waals surface area contributed by atoms with Gasteiger partial charge in [0.05, 0.1) is 5.56 Å². The average Bonchev–Trinajstić information content (AvgIpc) is 3.02. The van der Waals surface area contributed by atoms with Crippen LogP contribution in [0.25, 0.3) is 11.1 Å². The van der Waals surface area contributed by atoms with Crippen molar-refractivity contribution in [3.63, 3.8) is 0 Å². The van der Waals surface area contributed by atoms with Crippen molar-refractivity contribution in [1.29, 1.82) is 0 Å². The molecule has 0 aliphatic rings. The van der Waals surface area contributed by atoms with Crippen LogP contribution in [0.15, 0.2) is 48.0 Å². The van der Waals surface area contributed by atoms with Crippen molar-refractivity contribution in [2.45, 2.75) is 6.18 Å². The molecule has 0 saturated carbocycles. The first-order valence-corrected chi connectivity index (χ1v) is 7.56. The predicted octanol–water partition coefficient (Wildman–Crippen LogP) is 5.85. The molecule has 0 aliphatic carbocycles. The Hall–Kier alpha value is -2.48. The third kappa shape index (κ3) is 3.38. The van der Waals surface area contributed by atoms with Crippen molar-refractivity contribution in [2.75, 3.05) is 5.32 Å². The minimum Gasteiger partial charge on any atom is -0.331 e. The second kappa shape index (κ2) is 6.20. The van der Waals surface area contributed by atoms with E-state index in [1.807, 2.05) is 0 Å². The zero-order valence-electron chi connectivity index (χ0n) is 11.9. The lowest BCUT2D eigenvalue weighted by molar-refractivity contribution is -0.137. The Kier molecular flexibility index (Phi) is 4.23. The first-order valence-electron chi connectivity index (χ1n) is 6.68. The van der Waals surface area contributed by atoms with E-state index in [9.17, 15) is 22.0 Å². The molecule has 0 saturated heterocycles. The van der Waals surface area contributed by atoms with Crippen LogP contribution in [0.2, 0.25) is 0 Å². The van der Waals surface area contributed by atoms with Crippen molar-refractivity contribution in [3.8, 4) is 11.1 Å². The fourth-order valence-corrected chi connectivity index (χ4v) is 2.70. The van der Waals surface area contributed by atoms with Crippen molar-refractivity contribution in [2.24, 2.45) is 0 Å². The highest BCUT2D eigenvalue weighted by molar-refractivity contribution is 7.13. The Morgan fingerprint density at radius 2 is 1.75 bits per heavy atom. The van der Waals surface area contributed by atoms with E-state index in [4.69, 9.17) is 0 Å². The van der Waals surface area contributed by atoms with E-state index in [1.54, 1.807) is 5.38 Å². The van der Waals surface area contributed by atoms with Gasteiger partial charge in [0.2, 0.25) is 0 Å². The van der Waals surface area contributed by atoms with Gasteiger partial charge in [-0.25, -0.2) is 13.8 Å². The van der Waals surface area contributed by atoms with Crippen LogP contribution >= 0.6 is 11.3 Å². The Morgan fingerprint density at radius 1 is 0.958 bits per heavy atom. The fraction of sp³-hybridized carbons (Fsp3) is 0.0625. The van der Waals surface area contributed by atoms with E-state index in [0.717, 1.165) is 30.3 Å². The molecule has 2 aromatic carbocycles. The van der Waals surface area contributed by atoms with Gasteiger partial charge in [0.15, 0.2) is 5.13 Å². The summed E-state index contributed by atoms with van der Waals surface area (Å²) in [5, 5.41) is 4.93. The summed E-state index contributed by atoms with van der Waals surface area (Å²) in [5.41, 5.74) is -1.12. The molecule has 124 valence electrons. The minimum absolute atomic E-state index is 0.1000. The monoisotopic (exact) mass is 356 g/mol. The SMILES string of the molecule is Fc1ccc(F)c(-c2cc(C(F)(F)F)ccc2Nc2nccs2)c1. The maximum atomic E-state index is 14.1. The lowest BCUT2D eigenvalue weighted by Gasteiger charge is -2.15. The largest absolute Gasteiger partial charge is 0.416 e. The maximum Gasteiger partial charge on any atom is 0.416 e. The van der Waals surface area contributed by atoms with Crippen molar-refractivity contribution in [3.05, 3.63) is 65.2 Å². The summed E-state index contributed by atoms with van der Waals surface area (Å²) >= 11 is 1.23. The van der Waals surface area contributed by atoms with Gasteiger partial charge < -0.3 is 5.32 Å². The molecule has 0 amide bonds. The van der Waals surface area contributed by atoms with Gasteiger partial charge in [0, 0.05) is 28.4 Å². The number of rotatable bonds is 3. The fourth-order valence-electron chi connectivity index (χ4n) is 2.16. The number of benzene rings is 2. The Bertz CT molecular complexity index is 859. The Labute approximate surface area is 137 Å². The number of nitrogens with one attached hydrogen (secondary N) is 1. The van der Waals surface area contributed by atoms with Crippen molar-refractivity contribution < 1.29 is 22.0 Å². The van der Waals surface area contributed by atoms with Crippen LogP contribution in [-0.2, 0) is 6.18 Å². The summed E-state index contributed by atoms with van der Waals surface area (Å²) in [4.78, 5) is 3.97. The molecule has 1 aromatic heterocycles. The van der Waals surface area contributed by atoms with Gasteiger partial charge in [-0.1, -0.05) is 0 Å². The van der Waals surface area contributed by atoms with E-state index >= 15 is 0 Å². The van der Waals surface area contributed by atoms with Crippen LogP contribution in [0, 0.1) is 11.6 Å². The topological polar surface area (TPSA) is 24.9 Å². The second-order valence-corrected chi connectivity index (χ2v) is 5.74. The van der Waals surface area contributed by atoms with E-state index in [0.29, 0.717) is 5.13 Å². The smallest absolute Gasteiger partial charge is 0.331 e. The molecular weight excluding hydrogens is 347 g/mol. The summed E-state index contributed by atoms with van der Waals surface area (Å²) < 4.78 is 66.4. The van der Waals surface area contributed by atoms with Crippen LogP contribution in [0.5, 0.6) is 0 Å². The maximum absolute atomic E-state index is 14.1. The molecule has 0 radical (unpaired) electrons. The van der Waals surface area contributed by atoms with E-state index < -0.39 is 23.4 Å². The molecular formula is C16H9F5N2S. The average molecular weight is 356 g/mol. The molecule has 0 unspecified atom stereocenters. The van der Waals surface area contributed by atoms with E-state index in [1.165, 1.54) is 23.6 Å². The summed E-state index contributed by atoms with van der Waals surface area (Å²) in [5.74, 6) is -1.57. The zero-order chi connectivity index (χ0) is 17.3. The van der Waals surface area contributed by atoms with Gasteiger partial charge in [0.25, 0.3) is 0 Å². The Morgan fingerprint density at radius 3 is 2.42 bits per heavy atom. The number of thiazole rings is 1. The van der Waals surface area contributed by atoms with E-state index in [-0.39, 0.29) is 16.8 Å². The first kappa shape index (κ1) is 16.4. The highest BCUT2D eigenvalue weighted by atomic mass is 32.1. The van der Waals surface area contributed by atoms with Gasteiger partial charge >= 0.3 is 6.18 Å². The molecule has 3 aromatic rings. The second-order valence-electron chi connectivity index (χ2n) is 4.84. The van der Waals surface area contributed by atoms with Crippen molar-refractivity contribution >= 4 is 22.2 Å². The van der Waals surface area contributed by atoms with Crippen LogP contribution in [0.4, 0.5) is 32.8 Å². The minimum atomic E-state index is -4.60. The normalized spacial score (nSPS) is 11.5. The van der Waals surface area contributed by atoms with Crippen LogP contribution < -0.4 is 5.32 Å². The molecule has 3 rings (SSSR count). The number of anilines is 2. The zero-order valence-corrected chi connectivity index (χ0v) is 12.7. The number of halogens is 5. The molecule has 8 heteroatoms. The van der Waals surface area contributed by atoms with Gasteiger partial charge in [-0.2, -0.15) is 13.2 Å². The Balaban J connectivity index is 2.17. The highest BCUT2D eigenvalue weighted by Crippen LogP contribution is 2.38. The lowest BCUT2D eigenvalue weighted by Crippen LogP contribution is -2.06. The third-order valence-electron chi connectivity index (χ3n) is 3.24. The number of nitrogens with zero attached hydrogens (tertiary/aromatic N) is 1. The van der Waals surface area contributed by atoms with E-state index in [2.05, 4.69) is 10.3 Å². The molecule has 0 spiro atoms. The number of hydrogen-bond acceptors (Lipinski definition) is 3. The van der Waals surface area contributed by atoms with Gasteiger partial charge in [-0.15, -0.1) is 11.3 Å². The molecule has 0 aliphatic heterocycles. The predicted molar refractivity (Wildman–Crippen MR) is 82.2 cm³/mol. The number of alkyl halides is 3. The summed E-state index contributed by atoms with van der Waals surface area (Å²) in [7, 11) is 0. The summed E-state index contributed by atoms with van der Waals surface area (Å²) in [6.07, 6.45) is -3.09. The molecule has 0 fully saturated rings. The molecule has 1 heterocycles. The quantitative estimate of drug-likeness (QED) is 0.596. The first-order chi connectivity index (χ1) is 11.3. The van der Waals surface area contributed by atoms with Gasteiger partial charge in [0.1, 0.15) is 11.6 Å². The van der Waals surface area contributed by atoms with Crippen molar-refractivity contribution in [1.82, 2.24) is 4.98 Å².